The van der Waals surface area contributed by atoms with Crippen LogP contribution in [0.3, 0.4) is 0 Å². The number of carbonyl (C=O) groups excluding carboxylic acids is 2. The fraction of sp³-hybridized carbons (Fsp3) is 0.533. The quantitative estimate of drug-likeness (QED) is 0.393. The minimum Gasteiger partial charge on any atom is -0.390 e. The molecule has 3 fully saturated rings. The first-order valence-corrected chi connectivity index (χ1v) is 14.4. The Labute approximate surface area is 238 Å². The second-order valence-corrected chi connectivity index (χ2v) is 13.9. The summed E-state index contributed by atoms with van der Waals surface area (Å²) >= 11 is 12.6. The molecule has 0 unspecified atom stereocenters. The van der Waals surface area contributed by atoms with Crippen molar-refractivity contribution in [2.45, 2.75) is 93.9 Å². The van der Waals surface area contributed by atoms with Gasteiger partial charge in [0.15, 0.2) is 0 Å². The van der Waals surface area contributed by atoms with Crippen LogP contribution in [0.5, 0.6) is 0 Å². The molecule has 2 aliphatic carbocycles. The van der Waals surface area contributed by atoms with E-state index in [0.717, 1.165) is 18.4 Å². The Kier molecular flexibility index (Phi) is 6.16. The number of benzene rings is 2. The molecule has 0 radical (unpaired) electrons. The van der Waals surface area contributed by atoms with Crippen molar-refractivity contribution in [3.05, 3.63) is 63.4 Å². The van der Waals surface area contributed by atoms with Crippen LogP contribution in [0.4, 0.5) is 10.1 Å². The fourth-order valence-electron chi connectivity index (χ4n) is 7.81. The van der Waals surface area contributed by atoms with Gasteiger partial charge < -0.3 is 15.7 Å². The molecule has 4 N–H and O–H groups in total. The van der Waals surface area contributed by atoms with E-state index < -0.39 is 34.3 Å². The van der Waals surface area contributed by atoms with Crippen LogP contribution in [-0.2, 0) is 15.0 Å². The summed E-state index contributed by atoms with van der Waals surface area (Å²) in [5.74, 6) is -2.08. The van der Waals surface area contributed by atoms with Crippen molar-refractivity contribution >= 4 is 40.7 Å². The number of nitrogens with one attached hydrogen (secondary N) is 3. The van der Waals surface area contributed by atoms with Crippen LogP contribution in [0.25, 0.3) is 0 Å². The third-order valence-electron chi connectivity index (χ3n) is 9.77. The van der Waals surface area contributed by atoms with Crippen molar-refractivity contribution in [1.29, 1.82) is 0 Å². The summed E-state index contributed by atoms with van der Waals surface area (Å²) in [7, 11) is 0. The van der Waals surface area contributed by atoms with E-state index in [1.807, 2.05) is 6.07 Å². The Morgan fingerprint density at radius 2 is 1.77 bits per heavy atom. The van der Waals surface area contributed by atoms with Crippen molar-refractivity contribution in [3.63, 3.8) is 0 Å². The number of hydrogen-bond acceptors (Lipinski definition) is 4. The predicted octanol–water partition coefficient (Wildman–Crippen LogP) is 5.45. The van der Waals surface area contributed by atoms with Crippen LogP contribution >= 0.6 is 23.2 Å². The molecule has 1 saturated heterocycles. The molecule has 39 heavy (non-hydrogen) atoms. The first kappa shape index (κ1) is 27.0. The molecule has 2 aromatic carbocycles. The van der Waals surface area contributed by atoms with E-state index in [4.69, 9.17) is 23.2 Å². The fourth-order valence-corrected chi connectivity index (χ4v) is 8.16. The van der Waals surface area contributed by atoms with E-state index in [1.54, 1.807) is 31.2 Å². The van der Waals surface area contributed by atoms with E-state index in [1.165, 1.54) is 6.07 Å². The number of amides is 2. The largest absolute Gasteiger partial charge is 0.390 e. The summed E-state index contributed by atoms with van der Waals surface area (Å²) < 4.78 is 15.9. The second-order valence-electron chi connectivity index (χ2n) is 13.1. The molecule has 0 aromatic heterocycles. The summed E-state index contributed by atoms with van der Waals surface area (Å²) in [6.45, 7) is 6.17. The van der Waals surface area contributed by atoms with Crippen LogP contribution in [0.2, 0.25) is 10.0 Å². The standard InChI is InChI=1S/C30H34Cl2FN3O3/c1-27(2)9-11-29(12-10-27)30(19-8-7-16(31)13-21(19)35-26(30)38)22(18-5-4-6-20(32)23(18)33)24(36-29)25(37)34-17-14-28(3,39)15-17/h4-8,13,17,22,24,36,39H,9-12,14-15H2,1-3H3,(H,34,37)(H,35,38)/t17-,22-,24+,28+,30+/m0/s1. The van der Waals surface area contributed by atoms with Gasteiger partial charge in [-0.2, -0.15) is 0 Å². The van der Waals surface area contributed by atoms with E-state index in [9.17, 15) is 14.7 Å². The number of anilines is 1. The number of halogens is 3. The Hall–Kier alpha value is -2.19. The molecule has 4 aliphatic rings. The topological polar surface area (TPSA) is 90.5 Å². The van der Waals surface area contributed by atoms with E-state index in [2.05, 4.69) is 29.8 Å². The minimum absolute atomic E-state index is 0.0580. The molecule has 6 nitrogen and oxygen atoms in total. The third-order valence-corrected chi connectivity index (χ3v) is 10.3. The molecule has 2 aromatic rings. The highest BCUT2D eigenvalue weighted by Crippen LogP contribution is 2.64. The van der Waals surface area contributed by atoms with Gasteiger partial charge in [-0.15, -0.1) is 0 Å². The van der Waals surface area contributed by atoms with Gasteiger partial charge in [-0.3, -0.25) is 14.9 Å². The lowest BCUT2D eigenvalue weighted by Gasteiger charge is -2.50. The zero-order chi connectivity index (χ0) is 28.0. The maximum atomic E-state index is 15.9. The second kappa shape index (κ2) is 8.90. The normalized spacial score (nSPS) is 34.0. The van der Waals surface area contributed by atoms with Gasteiger partial charge in [-0.05, 0) is 80.2 Å². The van der Waals surface area contributed by atoms with E-state index in [-0.39, 0.29) is 33.9 Å². The van der Waals surface area contributed by atoms with Gasteiger partial charge in [-0.1, -0.05) is 55.2 Å². The highest BCUT2D eigenvalue weighted by atomic mass is 35.5. The zero-order valence-corrected chi connectivity index (χ0v) is 23.8. The van der Waals surface area contributed by atoms with Gasteiger partial charge in [-0.25, -0.2) is 4.39 Å². The smallest absolute Gasteiger partial charge is 0.238 e. The predicted molar refractivity (Wildman–Crippen MR) is 150 cm³/mol. The van der Waals surface area contributed by atoms with Crippen molar-refractivity contribution in [3.8, 4) is 0 Å². The Morgan fingerprint density at radius 1 is 1.08 bits per heavy atom. The van der Waals surface area contributed by atoms with Crippen LogP contribution in [0, 0.1) is 11.2 Å². The molecule has 2 saturated carbocycles. The molecule has 3 atom stereocenters. The number of rotatable bonds is 3. The molecule has 9 heteroatoms. The van der Waals surface area contributed by atoms with Crippen LogP contribution < -0.4 is 16.0 Å². The van der Waals surface area contributed by atoms with Crippen molar-refractivity contribution < 1.29 is 19.1 Å². The highest BCUT2D eigenvalue weighted by Gasteiger charge is 2.73. The van der Waals surface area contributed by atoms with Gasteiger partial charge >= 0.3 is 0 Å². The van der Waals surface area contributed by atoms with Gasteiger partial charge in [0.2, 0.25) is 11.8 Å². The van der Waals surface area contributed by atoms with E-state index in [0.29, 0.717) is 36.4 Å². The van der Waals surface area contributed by atoms with Gasteiger partial charge in [0.25, 0.3) is 0 Å². The molecule has 2 heterocycles. The number of fused-ring (bicyclic) bond motifs is 3. The lowest BCUT2D eigenvalue weighted by Crippen LogP contribution is -2.61. The lowest BCUT2D eigenvalue weighted by molar-refractivity contribution is -0.127. The molecule has 0 bridgehead atoms. The SMILES string of the molecule is CC1(C)CCC2(CC1)N[C@@H](C(=O)N[C@H]1C[C@@](C)(O)C1)[C@H](c1cccc(Cl)c1F)[C@]21C(=O)Nc2cc(Cl)ccc21. The van der Waals surface area contributed by atoms with Crippen molar-refractivity contribution in [1.82, 2.24) is 10.6 Å². The molecular formula is C30H34Cl2FN3O3. The summed E-state index contributed by atoms with van der Waals surface area (Å²) in [4.78, 5) is 28.5. The lowest BCUT2D eigenvalue weighted by atomic mass is 9.53. The Bertz CT molecular complexity index is 1360. The number of hydrogen-bond donors (Lipinski definition) is 4. The monoisotopic (exact) mass is 573 g/mol. The van der Waals surface area contributed by atoms with Crippen LogP contribution in [0.1, 0.15) is 76.3 Å². The van der Waals surface area contributed by atoms with Crippen LogP contribution in [0.15, 0.2) is 36.4 Å². The summed E-state index contributed by atoms with van der Waals surface area (Å²) in [6.07, 6.45) is 3.82. The molecule has 2 spiro atoms. The first-order chi connectivity index (χ1) is 18.3. The summed E-state index contributed by atoms with van der Waals surface area (Å²) in [6, 6.07) is 8.99. The Morgan fingerprint density at radius 3 is 2.44 bits per heavy atom. The van der Waals surface area contributed by atoms with Gasteiger partial charge in [0, 0.05) is 28.2 Å². The van der Waals surface area contributed by atoms with Crippen molar-refractivity contribution in [2.75, 3.05) is 5.32 Å². The Balaban J connectivity index is 1.56. The molecule has 208 valence electrons. The highest BCUT2D eigenvalue weighted by molar-refractivity contribution is 6.31. The molecule has 2 aliphatic heterocycles. The van der Waals surface area contributed by atoms with Crippen molar-refractivity contribution in [2.24, 2.45) is 5.41 Å². The van der Waals surface area contributed by atoms with E-state index >= 15 is 4.39 Å². The molecular weight excluding hydrogens is 540 g/mol. The minimum atomic E-state index is -1.28. The average molecular weight is 575 g/mol. The third kappa shape index (κ3) is 4.03. The van der Waals surface area contributed by atoms with Gasteiger partial charge in [0.1, 0.15) is 11.2 Å². The average Bonchev–Trinajstić information content (AvgIpc) is 3.29. The van der Waals surface area contributed by atoms with Crippen LogP contribution in [-0.4, -0.2) is 40.1 Å². The molecule has 2 amide bonds. The maximum Gasteiger partial charge on any atom is 0.238 e. The van der Waals surface area contributed by atoms with Gasteiger partial charge in [0.05, 0.1) is 16.7 Å². The molecule has 6 rings (SSSR count). The zero-order valence-electron chi connectivity index (χ0n) is 22.3. The number of carbonyl (C=O) groups is 2. The summed E-state index contributed by atoms with van der Waals surface area (Å²) in [5.41, 5.74) is -1.30. The number of aliphatic hydroxyl groups is 1. The summed E-state index contributed by atoms with van der Waals surface area (Å²) in [5, 5.41) is 20.4. The maximum absolute atomic E-state index is 15.9. The first-order valence-electron chi connectivity index (χ1n) is 13.6.